The summed E-state index contributed by atoms with van der Waals surface area (Å²) in [6, 6.07) is 2.27. The van der Waals surface area contributed by atoms with E-state index in [4.69, 9.17) is 4.74 Å². The molecule has 5 atom stereocenters. The van der Waals surface area contributed by atoms with Gasteiger partial charge in [-0.25, -0.2) is 17.6 Å². The van der Waals surface area contributed by atoms with Crippen molar-refractivity contribution < 1.29 is 46.6 Å². The first-order chi connectivity index (χ1) is 23.8. The van der Waals surface area contributed by atoms with Crippen LogP contribution in [-0.2, 0) is 47.0 Å². The van der Waals surface area contributed by atoms with Gasteiger partial charge in [0.15, 0.2) is 0 Å². The van der Waals surface area contributed by atoms with Crippen LogP contribution < -0.4 is 15.4 Å². The van der Waals surface area contributed by atoms with E-state index in [0.29, 0.717) is 43.2 Å². The molecule has 3 aliphatic carbocycles. The van der Waals surface area contributed by atoms with Crippen molar-refractivity contribution in [1.29, 1.82) is 0 Å². The maximum atomic E-state index is 14.4. The van der Waals surface area contributed by atoms with Crippen molar-refractivity contribution in [2.45, 2.75) is 118 Å². The summed E-state index contributed by atoms with van der Waals surface area (Å²) in [6.07, 6.45) is 6.35. The number of ether oxygens (including phenoxy) is 1. The molecule has 16 heteroatoms. The number of aliphatic hydroxyl groups is 1. The molecule has 270 valence electrons. The highest BCUT2D eigenvalue weighted by Gasteiger charge is 2.62. The standard InChI is InChI=1S/C34H42FN5O9S/c35-25-9-6-7-20-17-39(19-24(20)25)32(45)49-22-15-27-28(41)37-34(31(44)38-50(47,48)23-11-12-23)16-21(34)8-4-2-1-3-5-10-26(29(42)40(27)18-22)36-30(43)33(46)13-14-33/h4,6-9,21-23,26-27,46H,1-3,5,10-19H2,(H,36,43)(H,37,41)(H,38,44)/t21-,22-,26+,27+,34-/m1/s1. The molecule has 0 bridgehead atoms. The number of benzene rings is 1. The average Bonchev–Trinajstić information content (AvgIpc) is 4.03. The van der Waals surface area contributed by atoms with Crippen molar-refractivity contribution in [1.82, 2.24) is 25.2 Å². The van der Waals surface area contributed by atoms with Gasteiger partial charge >= 0.3 is 6.09 Å². The second-order valence-corrected chi connectivity index (χ2v) is 16.5. The fourth-order valence-corrected chi connectivity index (χ4v) is 8.58. The maximum Gasteiger partial charge on any atom is 0.410 e. The largest absolute Gasteiger partial charge is 0.444 e. The van der Waals surface area contributed by atoms with Crippen LogP contribution in [0.15, 0.2) is 30.4 Å². The minimum atomic E-state index is -3.92. The second kappa shape index (κ2) is 12.9. The molecule has 7 rings (SSSR count). The Labute approximate surface area is 289 Å². The molecule has 3 heterocycles. The van der Waals surface area contributed by atoms with E-state index in [1.54, 1.807) is 12.1 Å². The van der Waals surface area contributed by atoms with Gasteiger partial charge in [0.05, 0.1) is 18.3 Å². The smallest absolute Gasteiger partial charge is 0.410 e. The van der Waals surface area contributed by atoms with E-state index in [2.05, 4.69) is 15.4 Å². The number of fused-ring (bicyclic) bond motifs is 3. The number of nitrogens with zero attached hydrogens (tertiary/aromatic N) is 2. The summed E-state index contributed by atoms with van der Waals surface area (Å²) in [4.78, 5) is 70.7. The molecule has 0 radical (unpaired) electrons. The molecular formula is C34H42FN5O9S. The van der Waals surface area contributed by atoms with Crippen LogP contribution in [0.3, 0.4) is 0 Å². The van der Waals surface area contributed by atoms with Gasteiger partial charge in [0, 0.05) is 24.4 Å². The van der Waals surface area contributed by atoms with E-state index >= 15 is 0 Å². The Balaban J connectivity index is 1.13. The summed E-state index contributed by atoms with van der Waals surface area (Å²) >= 11 is 0. The number of nitrogens with one attached hydrogen (secondary N) is 3. The number of carbonyl (C=O) groups is 5. The number of rotatable bonds is 6. The molecule has 0 aromatic heterocycles. The molecule has 0 unspecified atom stereocenters. The number of hydrogen-bond acceptors (Lipinski definition) is 9. The molecule has 3 saturated carbocycles. The summed E-state index contributed by atoms with van der Waals surface area (Å²) < 4.78 is 47.8. The quantitative estimate of drug-likeness (QED) is 0.314. The monoisotopic (exact) mass is 715 g/mol. The van der Waals surface area contributed by atoms with Crippen molar-refractivity contribution in [3.05, 3.63) is 47.3 Å². The van der Waals surface area contributed by atoms with E-state index in [1.165, 1.54) is 15.9 Å². The van der Waals surface area contributed by atoms with Gasteiger partial charge in [-0.3, -0.25) is 28.8 Å². The van der Waals surface area contributed by atoms with Crippen LogP contribution in [0.25, 0.3) is 0 Å². The summed E-state index contributed by atoms with van der Waals surface area (Å²) in [5.41, 5.74) is -2.08. The molecule has 1 aromatic carbocycles. The van der Waals surface area contributed by atoms with Gasteiger partial charge in [-0.15, -0.1) is 0 Å². The minimum absolute atomic E-state index is 0.00651. The molecule has 6 aliphatic rings. The first-order valence-corrected chi connectivity index (χ1v) is 18.9. The number of carbonyl (C=O) groups excluding carboxylic acids is 5. The highest BCUT2D eigenvalue weighted by molar-refractivity contribution is 7.91. The predicted molar refractivity (Wildman–Crippen MR) is 173 cm³/mol. The Kier molecular flexibility index (Phi) is 8.90. The molecule has 14 nitrogen and oxygen atoms in total. The van der Waals surface area contributed by atoms with Crippen molar-refractivity contribution in [3.63, 3.8) is 0 Å². The first kappa shape index (κ1) is 34.4. The molecule has 4 N–H and O–H groups in total. The Morgan fingerprint density at radius 1 is 1.04 bits per heavy atom. The lowest BCUT2D eigenvalue weighted by Gasteiger charge is -2.30. The number of hydrogen-bond donors (Lipinski definition) is 4. The van der Waals surface area contributed by atoms with Crippen LogP contribution >= 0.6 is 0 Å². The fraction of sp³-hybridized carbons (Fsp3) is 0.618. The molecule has 4 fully saturated rings. The van der Waals surface area contributed by atoms with Gasteiger partial charge in [0.25, 0.3) is 11.8 Å². The van der Waals surface area contributed by atoms with E-state index in [9.17, 15) is 41.9 Å². The lowest BCUT2D eigenvalue weighted by molar-refractivity contribution is -0.144. The van der Waals surface area contributed by atoms with Crippen LogP contribution in [0.1, 0.15) is 81.8 Å². The highest BCUT2D eigenvalue weighted by Crippen LogP contribution is 2.46. The van der Waals surface area contributed by atoms with E-state index in [-0.39, 0.29) is 51.7 Å². The lowest BCUT2D eigenvalue weighted by Crippen LogP contribution is -2.58. The molecule has 1 aromatic rings. The summed E-state index contributed by atoms with van der Waals surface area (Å²) in [7, 11) is -3.92. The summed E-state index contributed by atoms with van der Waals surface area (Å²) in [5.74, 6) is -3.77. The van der Waals surface area contributed by atoms with Crippen molar-refractivity contribution in [2.75, 3.05) is 6.54 Å². The van der Waals surface area contributed by atoms with Gasteiger partial charge in [-0.1, -0.05) is 37.1 Å². The van der Waals surface area contributed by atoms with Crippen LogP contribution in [0.4, 0.5) is 9.18 Å². The van der Waals surface area contributed by atoms with E-state index < -0.39 is 86.1 Å². The van der Waals surface area contributed by atoms with Crippen LogP contribution in [-0.4, -0.2) is 94.2 Å². The zero-order chi connectivity index (χ0) is 35.4. The second-order valence-electron chi connectivity index (χ2n) is 14.6. The van der Waals surface area contributed by atoms with Gasteiger partial charge in [0.1, 0.15) is 35.1 Å². The van der Waals surface area contributed by atoms with Gasteiger partial charge in [0.2, 0.25) is 21.8 Å². The lowest BCUT2D eigenvalue weighted by atomic mass is 10.0. The molecular weight excluding hydrogens is 673 g/mol. The summed E-state index contributed by atoms with van der Waals surface area (Å²) in [6.45, 7) is -0.0843. The van der Waals surface area contributed by atoms with Crippen LogP contribution in [0.5, 0.6) is 0 Å². The van der Waals surface area contributed by atoms with Gasteiger partial charge in [-0.05, 0) is 63.0 Å². The Bertz CT molecular complexity index is 1750. The molecule has 5 amide bonds. The number of sulfonamides is 1. The fourth-order valence-electron chi connectivity index (χ4n) is 7.21. The topological polar surface area (TPSA) is 192 Å². The number of allylic oxidation sites excluding steroid dienone is 1. The van der Waals surface area contributed by atoms with Gasteiger partial charge < -0.3 is 25.4 Å². The Hall–Kier alpha value is -4.05. The third kappa shape index (κ3) is 6.83. The van der Waals surface area contributed by atoms with Crippen LogP contribution in [0.2, 0.25) is 0 Å². The SMILES string of the molecule is O=C1N[C@]2(C(=O)NS(=O)(=O)C3CC3)C[C@H]2C=CCCCCC[C@H](NC(=O)C2(O)CC2)C(=O)N2C[C@H](OC(=O)N3Cc4cccc(F)c4C3)C[C@@H]12. The van der Waals surface area contributed by atoms with Crippen molar-refractivity contribution in [2.24, 2.45) is 5.92 Å². The first-order valence-electron chi connectivity index (χ1n) is 17.4. The van der Waals surface area contributed by atoms with Crippen molar-refractivity contribution in [3.8, 4) is 0 Å². The predicted octanol–water partition coefficient (Wildman–Crippen LogP) is 1.26. The maximum absolute atomic E-state index is 14.4. The van der Waals surface area contributed by atoms with Crippen molar-refractivity contribution >= 4 is 39.7 Å². The number of amides is 5. The third-order valence-electron chi connectivity index (χ3n) is 10.7. The normalized spacial score (nSPS) is 30.5. The molecule has 0 spiro atoms. The minimum Gasteiger partial charge on any atom is -0.444 e. The average molecular weight is 716 g/mol. The van der Waals surface area contributed by atoms with E-state index in [1.807, 2.05) is 12.2 Å². The zero-order valence-electron chi connectivity index (χ0n) is 27.6. The third-order valence-corrected chi connectivity index (χ3v) is 12.6. The van der Waals surface area contributed by atoms with E-state index in [0.717, 1.165) is 6.42 Å². The highest BCUT2D eigenvalue weighted by atomic mass is 32.2. The Morgan fingerprint density at radius 2 is 1.82 bits per heavy atom. The number of halogens is 1. The molecule has 50 heavy (non-hydrogen) atoms. The van der Waals surface area contributed by atoms with Crippen LogP contribution in [0, 0.1) is 11.7 Å². The summed E-state index contributed by atoms with van der Waals surface area (Å²) in [5, 5.41) is 15.2. The molecule has 3 aliphatic heterocycles. The zero-order valence-corrected chi connectivity index (χ0v) is 28.4. The Morgan fingerprint density at radius 3 is 2.54 bits per heavy atom. The molecule has 1 saturated heterocycles. The van der Waals surface area contributed by atoms with Gasteiger partial charge in [-0.2, -0.15) is 0 Å².